The van der Waals surface area contributed by atoms with Crippen LogP contribution >= 0.6 is 0 Å². The van der Waals surface area contributed by atoms with Gasteiger partial charge in [-0.2, -0.15) is 0 Å². The van der Waals surface area contributed by atoms with E-state index in [1.54, 1.807) is 0 Å². The fourth-order valence-corrected chi connectivity index (χ4v) is 2.78. The molecule has 1 aromatic rings. The number of benzene rings is 1. The molecule has 1 aliphatic rings. The summed E-state index contributed by atoms with van der Waals surface area (Å²) in [5, 5.41) is 0. The third kappa shape index (κ3) is 3.56. The highest BCUT2D eigenvalue weighted by Gasteiger charge is 2.26. The predicted molar refractivity (Wildman–Crippen MR) is 83.1 cm³/mol. The number of unbranched alkanes of at least 4 members (excludes halogenated alkanes) is 1. The monoisotopic (exact) mass is 291 g/mol. The Labute approximate surface area is 127 Å². The zero-order chi connectivity index (χ0) is 15.2. The van der Waals surface area contributed by atoms with Crippen molar-refractivity contribution in [2.24, 2.45) is 0 Å². The van der Waals surface area contributed by atoms with Crippen LogP contribution in [0.5, 0.6) is 11.5 Å². The minimum atomic E-state index is -0.0414. The van der Waals surface area contributed by atoms with Gasteiger partial charge < -0.3 is 9.47 Å². The Hall–Kier alpha value is -1.55. The SMILES string of the molecule is CCCCC(C(=O)c1ccc2c(c1)OCO2)N(CC)CC. The standard InChI is InChI=1S/C17H25NO3/c1-4-7-8-14(18(5-2)6-3)17(19)13-9-10-15-16(11-13)21-12-20-15/h9-11,14H,4-8,12H2,1-3H3. The Morgan fingerprint density at radius 2 is 1.90 bits per heavy atom. The first-order chi connectivity index (χ1) is 10.2. The summed E-state index contributed by atoms with van der Waals surface area (Å²) in [6.07, 6.45) is 3.08. The van der Waals surface area contributed by atoms with E-state index in [2.05, 4.69) is 25.7 Å². The largest absolute Gasteiger partial charge is 0.454 e. The zero-order valence-electron chi connectivity index (χ0n) is 13.2. The van der Waals surface area contributed by atoms with Crippen LogP contribution in [0.1, 0.15) is 50.4 Å². The Morgan fingerprint density at radius 1 is 1.19 bits per heavy atom. The van der Waals surface area contributed by atoms with Gasteiger partial charge in [0.15, 0.2) is 17.3 Å². The van der Waals surface area contributed by atoms with Gasteiger partial charge in [0.1, 0.15) is 0 Å². The number of rotatable bonds is 8. The average Bonchev–Trinajstić information content (AvgIpc) is 2.98. The first-order valence-corrected chi connectivity index (χ1v) is 7.89. The van der Waals surface area contributed by atoms with Crippen molar-refractivity contribution in [2.45, 2.75) is 46.1 Å². The molecule has 1 heterocycles. The van der Waals surface area contributed by atoms with E-state index >= 15 is 0 Å². The molecule has 1 unspecified atom stereocenters. The predicted octanol–water partition coefficient (Wildman–Crippen LogP) is 3.50. The maximum absolute atomic E-state index is 12.9. The molecule has 4 nitrogen and oxygen atoms in total. The van der Waals surface area contributed by atoms with Crippen LogP contribution in [0.2, 0.25) is 0 Å². The summed E-state index contributed by atoms with van der Waals surface area (Å²) >= 11 is 0. The van der Waals surface area contributed by atoms with Crippen molar-refractivity contribution in [3.8, 4) is 11.5 Å². The first-order valence-electron chi connectivity index (χ1n) is 7.89. The van der Waals surface area contributed by atoms with Crippen LogP contribution in [-0.4, -0.2) is 36.6 Å². The van der Waals surface area contributed by atoms with Crippen molar-refractivity contribution in [1.29, 1.82) is 0 Å². The Kier molecular flexibility index (Phi) is 5.62. The number of ether oxygens (including phenoxy) is 2. The van der Waals surface area contributed by atoms with E-state index in [-0.39, 0.29) is 18.6 Å². The maximum Gasteiger partial charge on any atom is 0.231 e. The molecule has 0 spiro atoms. The molecule has 21 heavy (non-hydrogen) atoms. The molecule has 0 amide bonds. The van der Waals surface area contributed by atoms with E-state index in [4.69, 9.17) is 9.47 Å². The highest BCUT2D eigenvalue weighted by Crippen LogP contribution is 2.33. The Balaban J connectivity index is 2.20. The second kappa shape index (κ2) is 7.46. The summed E-state index contributed by atoms with van der Waals surface area (Å²) in [7, 11) is 0. The lowest BCUT2D eigenvalue weighted by Crippen LogP contribution is -2.41. The Bertz CT molecular complexity index is 483. The number of ketones is 1. The molecule has 0 fully saturated rings. The van der Waals surface area contributed by atoms with E-state index in [1.165, 1.54) is 0 Å². The van der Waals surface area contributed by atoms with Crippen LogP contribution in [0.3, 0.4) is 0 Å². The highest BCUT2D eigenvalue weighted by atomic mass is 16.7. The van der Waals surface area contributed by atoms with E-state index in [9.17, 15) is 4.79 Å². The number of likely N-dealkylation sites (N-methyl/N-ethyl adjacent to an activating group) is 1. The molecule has 1 aliphatic heterocycles. The van der Waals surface area contributed by atoms with E-state index in [1.807, 2.05) is 18.2 Å². The van der Waals surface area contributed by atoms with Crippen molar-refractivity contribution in [3.63, 3.8) is 0 Å². The van der Waals surface area contributed by atoms with E-state index < -0.39 is 0 Å². The summed E-state index contributed by atoms with van der Waals surface area (Å²) in [5.74, 6) is 1.58. The van der Waals surface area contributed by atoms with Gasteiger partial charge in [0.25, 0.3) is 0 Å². The fraction of sp³-hybridized carbons (Fsp3) is 0.588. The third-order valence-corrected chi connectivity index (χ3v) is 4.04. The van der Waals surface area contributed by atoms with Gasteiger partial charge in [-0.05, 0) is 37.7 Å². The van der Waals surface area contributed by atoms with E-state index in [0.717, 1.165) is 38.1 Å². The number of hydrogen-bond acceptors (Lipinski definition) is 4. The number of carbonyl (C=O) groups excluding carboxylic acids is 1. The van der Waals surface area contributed by atoms with Gasteiger partial charge in [-0.15, -0.1) is 0 Å². The molecule has 0 aliphatic carbocycles. The molecule has 2 rings (SSSR count). The van der Waals surface area contributed by atoms with Gasteiger partial charge in [-0.3, -0.25) is 9.69 Å². The van der Waals surface area contributed by atoms with E-state index in [0.29, 0.717) is 11.3 Å². The highest BCUT2D eigenvalue weighted by molar-refractivity contribution is 6.00. The summed E-state index contributed by atoms with van der Waals surface area (Å²) in [5.41, 5.74) is 0.715. The van der Waals surface area contributed by atoms with Gasteiger partial charge in [0.05, 0.1) is 6.04 Å². The number of fused-ring (bicyclic) bond motifs is 1. The molecule has 1 atom stereocenters. The van der Waals surface area contributed by atoms with Crippen molar-refractivity contribution in [3.05, 3.63) is 23.8 Å². The van der Waals surface area contributed by atoms with Crippen LogP contribution < -0.4 is 9.47 Å². The maximum atomic E-state index is 12.9. The number of hydrogen-bond donors (Lipinski definition) is 0. The summed E-state index contributed by atoms with van der Waals surface area (Å²) in [6.45, 7) is 8.39. The minimum absolute atomic E-state index is 0.0414. The molecule has 1 aromatic carbocycles. The molecular formula is C17H25NO3. The first kappa shape index (κ1) is 15.8. The normalized spacial score (nSPS) is 14.5. The van der Waals surface area contributed by atoms with Gasteiger partial charge in [0.2, 0.25) is 6.79 Å². The second-order valence-corrected chi connectivity index (χ2v) is 5.31. The van der Waals surface area contributed by atoms with Crippen LogP contribution in [0.25, 0.3) is 0 Å². The molecule has 0 saturated carbocycles. The average molecular weight is 291 g/mol. The zero-order valence-corrected chi connectivity index (χ0v) is 13.2. The molecule has 0 aromatic heterocycles. The molecule has 4 heteroatoms. The molecule has 0 N–H and O–H groups in total. The number of Topliss-reactive ketones (excluding diaryl/α,β-unsaturated/α-hetero) is 1. The van der Waals surface area contributed by atoms with Crippen LogP contribution in [0, 0.1) is 0 Å². The Morgan fingerprint density at radius 3 is 2.57 bits per heavy atom. The smallest absolute Gasteiger partial charge is 0.231 e. The fourth-order valence-electron chi connectivity index (χ4n) is 2.78. The number of nitrogens with zero attached hydrogens (tertiary/aromatic N) is 1. The molecular weight excluding hydrogens is 266 g/mol. The third-order valence-electron chi connectivity index (χ3n) is 4.04. The second-order valence-electron chi connectivity index (χ2n) is 5.31. The molecule has 0 saturated heterocycles. The molecule has 116 valence electrons. The quantitative estimate of drug-likeness (QED) is 0.687. The van der Waals surface area contributed by atoms with Crippen molar-refractivity contribution < 1.29 is 14.3 Å². The molecule has 0 bridgehead atoms. The van der Waals surface area contributed by atoms with Crippen LogP contribution in [-0.2, 0) is 0 Å². The van der Waals surface area contributed by atoms with Crippen molar-refractivity contribution in [1.82, 2.24) is 4.90 Å². The minimum Gasteiger partial charge on any atom is -0.454 e. The van der Waals surface area contributed by atoms with Crippen molar-refractivity contribution in [2.75, 3.05) is 19.9 Å². The summed E-state index contributed by atoms with van der Waals surface area (Å²) < 4.78 is 10.7. The van der Waals surface area contributed by atoms with Gasteiger partial charge in [0, 0.05) is 5.56 Å². The summed E-state index contributed by atoms with van der Waals surface area (Å²) in [4.78, 5) is 15.1. The number of carbonyl (C=O) groups is 1. The van der Waals surface area contributed by atoms with Gasteiger partial charge in [-0.1, -0.05) is 33.6 Å². The lowest BCUT2D eigenvalue weighted by Gasteiger charge is -2.28. The molecule has 0 radical (unpaired) electrons. The van der Waals surface area contributed by atoms with Gasteiger partial charge >= 0.3 is 0 Å². The van der Waals surface area contributed by atoms with Gasteiger partial charge in [-0.25, -0.2) is 0 Å². The topological polar surface area (TPSA) is 38.8 Å². The lowest BCUT2D eigenvalue weighted by atomic mass is 9.97. The summed E-state index contributed by atoms with van der Waals surface area (Å²) in [6, 6.07) is 5.44. The van der Waals surface area contributed by atoms with Crippen LogP contribution in [0.4, 0.5) is 0 Å². The van der Waals surface area contributed by atoms with Crippen molar-refractivity contribution >= 4 is 5.78 Å². The lowest BCUT2D eigenvalue weighted by molar-refractivity contribution is 0.0816. The van der Waals surface area contributed by atoms with Crippen LogP contribution in [0.15, 0.2) is 18.2 Å².